The van der Waals surface area contributed by atoms with Gasteiger partial charge in [-0.25, -0.2) is 4.39 Å². The van der Waals surface area contributed by atoms with E-state index < -0.39 is 5.82 Å². The second-order valence-corrected chi connectivity index (χ2v) is 7.11. The Kier molecular flexibility index (Phi) is 4.99. The summed E-state index contributed by atoms with van der Waals surface area (Å²) < 4.78 is 18.9. The maximum absolute atomic E-state index is 13.1. The number of para-hydroxylation sites is 2. The number of fused-ring (bicyclic) bond motifs is 1. The number of carbonyl (C=O) groups excluding carboxylic acids is 1. The number of aromatic nitrogens is 1. The second-order valence-electron chi connectivity index (χ2n) is 6.70. The number of carbonyl (C=O) groups is 1. The summed E-state index contributed by atoms with van der Waals surface area (Å²) in [5.41, 5.74) is 2.24. The van der Waals surface area contributed by atoms with E-state index >= 15 is 0 Å². The van der Waals surface area contributed by atoms with E-state index in [-0.39, 0.29) is 18.4 Å². The number of amides is 1. The molecule has 1 fully saturated rings. The summed E-state index contributed by atoms with van der Waals surface area (Å²) in [7, 11) is 0. The zero-order valence-corrected chi connectivity index (χ0v) is 15.4. The summed E-state index contributed by atoms with van der Waals surface area (Å²) in [6.45, 7) is 1.63. The zero-order chi connectivity index (χ0) is 18.8. The van der Waals surface area contributed by atoms with Gasteiger partial charge in [-0.2, -0.15) is 4.98 Å². The molecule has 27 heavy (non-hydrogen) atoms. The van der Waals surface area contributed by atoms with Gasteiger partial charge < -0.3 is 14.6 Å². The fourth-order valence-corrected chi connectivity index (χ4v) is 3.59. The first-order chi connectivity index (χ1) is 13.1. The third kappa shape index (κ3) is 3.90. The van der Waals surface area contributed by atoms with Crippen LogP contribution in [0.25, 0.3) is 11.1 Å². The first-order valence-electron chi connectivity index (χ1n) is 8.92. The average Bonchev–Trinajstić information content (AvgIpc) is 3.11. The van der Waals surface area contributed by atoms with Gasteiger partial charge in [0.1, 0.15) is 11.3 Å². The highest BCUT2D eigenvalue weighted by atomic mass is 35.5. The summed E-state index contributed by atoms with van der Waals surface area (Å²) in [4.78, 5) is 19.1. The number of hydrogen-bond acceptors (Lipinski definition) is 4. The van der Waals surface area contributed by atoms with Gasteiger partial charge in [0.2, 0.25) is 5.91 Å². The maximum atomic E-state index is 13.1. The van der Waals surface area contributed by atoms with Crippen LogP contribution in [0.2, 0.25) is 5.02 Å². The molecule has 1 aliphatic heterocycles. The van der Waals surface area contributed by atoms with Crippen molar-refractivity contribution >= 4 is 34.6 Å². The Hall–Kier alpha value is -2.60. The number of anilines is 1. The molecule has 0 bridgehead atoms. The molecule has 2 aromatic carbocycles. The van der Waals surface area contributed by atoms with Crippen LogP contribution in [0.5, 0.6) is 0 Å². The third-order valence-corrected chi connectivity index (χ3v) is 5.17. The number of piperidine rings is 1. The molecule has 2 heterocycles. The smallest absolute Gasteiger partial charge is 0.298 e. The van der Waals surface area contributed by atoms with Gasteiger partial charge in [0.15, 0.2) is 5.58 Å². The van der Waals surface area contributed by atoms with E-state index in [2.05, 4.69) is 10.3 Å². The molecule has 1 N–H and O–H groups in total. The molecule has 1 aliphatic rings. The lowest BCUT2D eigenvalue weighted by molar-refractivity contribution is -0.125. The van der Waals surface area contributed by atoms with Gasteiger partial charge >= 0.3 is 0 Å². The lowest BCUT2D eigenvalue weighted by Crippen LogP contribution is -2.43. The van der Waals surface area contributed by atoms with Crippen LogP contribution in [-0.4, -0.2) is 24.0 Å². The van der Waals surface area contributed by atoms with Crippen LogP contribution in [0.3, 0.4) is 0 Å². The van der Waals surface area contributed by atoms with Gasteiger partial charge in [-0.15, -0.1) is 0 Å². The lowest BCUT2D eigenvalue weighted by Gasteiger charge is -2.30. The molecule has 1 amide bonds. The topological polar surface area (TPSA) is 58.4 Å². The van der Waals surface area contributed by atoms with Crippen LogP contribution in [0.4, 0.5) is 10.4 Å². The number of rotatable bonds is 4. The van der Waals surface area contributed by atoms with Crippen molar-refractivity contribution in [3.63, 3.8) is 0 Å². The Balaban J connectivity index is 1.40. The molecule has 7 heteroatoms. The molecule has 0 saturated carbocycles. The highest BCUT2D eigenvalue weighted by Gasteiger charge is 2.28. The zero-order valence-electron chi connectivity index (χ0n) is 14.6. The van der Waals surface area contributed by atoms with Crippen LogP contribution in [0.1, 0.15) is 18.4 Å². The van der Waals surface area contributed by atoms with Crippen molar-refractivity contribution in [2.24, 2.45) is 5.92 Å². The summed E-state index contributed by atoms with van der Waals surface area (Å²) in [6.07, 6.45) is 1.69. The molecule has 140 valence electrons. The normalized spacial score (nSPS) is 17.3. The number of hydrogen-bond donors (Lipinski definition) is 1. The van der Waals surface area contributed by atoms with Gasteiger partial charge in [0.25, 0.3) is 6.01 Å². The van der Waals surface area contributed by atoms with Gasteiger partial charge in [0, 0.05) is 24.7 Å². The second kappa shape index (κ2) is 7.56. The Morgan fingerprint density at radius 2 is 2.19 bits per heavy atom. The molecule has 5 nitrogen and oxygen atoms in total. The Bertz CT molecular complexity index is 942. The maximum Gasteiger partial charge on any atom is 0.298 e. The summed E-state index contributed by atoms with van der Waals surface area (Å²) in [5, 5.41) is 3.22. The van der Waals surface area contributed by atoms with Crippen LogP contribution >= 0.6 is 11.6 Å². The van der Waals surface area contributed by atoms with Gasteiger partial charge in [-0.1, -0.05) is 29.8 Å². The van der Waals surface area contributed by atoms with E-state index in [0.29, 0.717) is 23.1 Å². The average molecular weight is 388 g/mol. The van der Waals surface area contributed by atoms with Crippen molar-refractivity contribution in [1.29, 1.82) is 0 Å². The first-order valence-corrected chi connectivity index (χ1v) is 9.30. The minimum absolute atomic E-state index is 0.0452. The minimum atomic E-state index is -0.392. The third-order valence-electron chi connectivity index (χ3n) is 4.81. The van der Waals surface area contributed by atoms with Crippen molar-refractivity contribution in [3.05, 3.63) is 58.9 Å². The predicted octanol–water partition coefficient (Wildman–Crippen LogP) is 4.15. The van der Waals surface area contributed by atoms with Crippen molar-refractivity contribution in [2.45, 2.75) is 19.4 Å². The molecule has 0 radical (unpaired) electrons. The molecule has 1 atom stereocenters. The van der Waals surface area contributed by atoms with E-state index in [1.165, 1.54) is 12.1 Å². The molecule has 0 unspecified atom stereocenters. The Morgan fingerprint density at radius 3 is 3.00 bits per heavy atom. The predicted molar refractivity (Wildman–Crippen MR) is 102 cm³/mol. The van der Waals surface area contributed by atoms with Crippen molar-refractivity contribution in [2.75, 3.05) is 18.0 Å². The largest absolute Gasteiger partial charge is 0.423 e. The number of oxazole rings is 1. The molecule has 4 rings (SSSR count). The Labute approximate surface area is 161 Å². The number of nitrogens with zero attached hydrogens (tertiary/aromatic N) is 2. The van der Waals surface area contributed by atoms with Crippen LogP contribution in [0, 0.1) is 11.7 Å². The van der Waals surface area contributed by atoms with E-state index in [9.17, 15) is 9.18 Å². The van der Waals surface area contributed by atoms with E-state index in [1.54, 1.807) is 6.07 Å². The standard InChI is InChI=1S/C20H19ClFN3O2/c21-16-10-15(22)8-7-13(16)11-23-19(26)14-4-3-9-25(12-14)20-24-17-5-1-2-6-18(17)27-20/h1-2,5-8,10,14H,3-4,9,11-12H2,(H,23,26)/t14-/m0/s1. The van der Waals surface area contributed by atoms with Crippen molar-refractivity contribution in [3.8, 4) is 0 Å². The van der Waals surface area contributed by atoms with Gasteiger partial charge in [0.05, 0.1) is 5.92 Å². The number of halogens is 2. The van der Waals surface area contributed by atoms with Crippen LogP contribution < -0.4 is 10.2 Å². The van der Waals surface area contributed by atoms with Gasteiger partial charge in [-0.3, -0.25) is 4.79 Å². The molecular weight excluding hydrogens is 369 g/mol. The summed E-state index contributed by atoms with van der Waals surface area (Å²) in [5.74, 6) is -0.597. The molecule has 0 aliphatic carbocycles. The summed E-state index contributed by atoms with van der Waals surface area (Å²) in [6, 6.07) is 12.3. The van der Waals surface area contributed by atoms with Crippen LogP contribution in [0.15, 0.2) is 46.9 Å². The Morgan fingerprint density at radius 1 is 1.33 bits per heavy atom. The summed E-state index contributed by atoms with van der Waals surface area (Å²) >= 11 is 6.02. The number of nitrogens with one attached hydrogen (secondary N) is 1. The lowest BCUT2D eigenvalue weighted by atomic mass is 9.97. The van der Waals surface area contributed by atoms with Crippen molar-refractivity contribution in [1.82, 2.24) is 10.3 Å². The molecule has 0 spiro atoms. The van der Waals surface area contributed by atoms with Crippen LogP contribution in [-0.2, 0) is 11.3 Å². The monoisotopic (exact) mass is 387 g/mol. The molecule has 3 aromatic rings. The highest BCUT2D eigenvalue weighted by Crippen LogP contribution is 2.26. The quantitative estimate of drug-likeness (QED) is 0.730. The van der Waals surface area contributed by atoms with E-state index in [0.717, 1.165) is 30.5 Å². The first kappa shape index (κ1) is 17.8. The minimum Gasteiger partial charge on any atom is -0.423 e. The van der Waals surface area contributed by atoms with E-state index in [1.807, 2.05) is 29.2 Å². The number of benzene rings is 2. The molecule has 1 saturated heterocycles. The van der Waals surface area contributed by atoms with Crippen molar-refractivity contribution < 1.29 is 13.6 Å². The molecular formula is C20H19ClFN3O2. The SMILES string of the molecule is O=C(NCc1ccc(F)cc1Cl)[C@H]1CCCN(c2nc3ccccc3o2)C1. The van der Waals surface area contributed by atoms with Gasteiger partial charge in [-0.05, 0) is 42.7 Å². The fourth-order valence-electron chi connectivity index (χ4n) is 3.35. The fraction of sp³-hybridized carbons (Fsp3) is 0.300. The van der Waals surface area contributed by atoms with E-state index in [4.69, 9.17) is 16.0 Å². The molecule has 1 aromatic heterocycles. The highest BCUT2D eigenvalue weighted by molar-refractivity contribution is 6.31.